The van der Waals surface area contributed by atoms with Gasteiger partial charge in [0.25, 0.3) is 0 Å². The third kappa shape index (κ3) is 3.25. The van der Waals surface area contributed by atoms with E-state index in [1.807, 2.05) is 6.07 Å². The van der Waals surface area contributed by atoms with Gasteiger partial charge < -0.3 is 4.90 Å². The molecule has 0 radical (unpaired) electrons. The standard InChI is InChI=1S/C16H24ClN3/c1-11(2)12-4-3-8-20(9-7-12)15-10-14(17)18-16(19-15)13-5-6-13/h10-13H,3-9H2,1-2H3. The van der Waals surface area contributed by atoms with Crippen molar-refractivity contribution >= 4 is 17.4 Å². The van der Waals surface area contributed by atoms with Crippen molar-refractivity contribution < 1.29 is 0 Å². The molecule has 20 heavy (non-hydrogen) atoms. The highest BCUT2D eigenvalue weighted by atomic mass is 35.5. The van der Waals surface area contributed by atoms with E-state index >= 15 is 0 Å². The fraction of sp³-hybridized carbons (Fsp3) is 0.750. The van der Waals surface area contributed by atoms with Gasteiger partial charge >= 0.3 is 0 Å². The van der Waals surface area contributed by atoms with Gasteiger partial charge in [0.15, 0.2) is 0 Å². The summed E-state index contributed by atoms with van der Waals surface area (Å²) in [5.41, 5.74) is 0. The molecular formula is C16H24ClN3. The monoisotopic (exact) mass is 293 g/mol. The van der Waals surface area contributed by atoms with E-state index in [1.165, 1.54) is 32.1 Å². The van der Waals surface area contributed by atoms with Gasteiger partial charge in [-0.15, -0.1) is 0 Å². The van der Waals surface area contributed by atoms with Crippen LogP contribution in [0.4, 0.5) is 5.82 Å². The predicted octanol–water partition coefficient (Wildman–Crippen LogP) is 4.27. The van der Waals surface area contributed by atoms with Crippen LogP contribution in [-0.4, -0.2) is 23.1 Å². The van der Waals surface area contributed by atoms with Crippen molar-refractivity contribution in [2.75, 3.05) is 18.0 Å². The van der Waals surface area contributed by atoms with Crippen molar-refractivity contribution in [1.29, 1.82) is 0 Å². The third-order valence-corrected chi connectivity index (χ3v) is 4.87. The third-order valence-electron chi connectivity index (χ3n) is 4.68. The smallest absolute Gasteiger partial charge is 0.135 e. The highest BCUT2D eigenvalue weighted by Gasteiger charge is 2.28. The molecule has 2 heterocycles. The Morgan fingerprint density at radius 3 is 2.65 bits per heavy atom. The summed E-state index contributed by atoms with van der Waals surface area (Å²) in [6.07, 6.45) is 6.29. The van der Waals surface area contributed by atoms with Crippen LogP contribution in [0.3, 0.4) is 0 Å². The Labute approximate surface area is 126 Å². The zero-order valence-corrected chi connectivity index (χ0v) is 13.2. The average Bonchev–Trinajstić information content (AvgIpc) is 3.24. The molecule has 3 rings (SSSR count). The van der Waals surface area contributed by atoms with Gasteiger partial charge in [-0.25, -0.2) is 9.97 Å². The summed E-state index contributed by atoms with van der Waals surface area (Å²) in [6.45, 7) is 6.88. The van der Waals surface area contributed by atoms with Gasteiger partial charge in [-0.2, -0.15) is 0 Å². The molecule has 1 aliphatic carbocycles. The molecule has 1 aliphatic heterocycles. The summed E-state index contributed by atoms with van der Waals surface area (Å²) >= 11 is 6.18. The molecule has 1 atom stereocenters. The number of hydrogen-bond acceptors (Lipinski definition) is 3. The summed E-state index contributed by atoms with van der Waals surface area (Å²) in [7, 11) is 0. The van der Waals surface area contributed by atoms with Crippen molar-refractivity contribution in [2.45, 2.75) is 51.9 Å². The van der Waals surface area contributed by atoms with Crippen LogP contribution in [0.2, 0.25) is 5.15 Å². The molecule has 1 aromatic heterocycles. The average molecular weight is 294 g/mol. The maximum Gasteiger partial charge on any atom is 0.135 e. The second kappa shape index (κ2) is 5.88. The SMILES string of the molecule is CC(C)C1CCCN(c2cc(Cl)nc(C3CC3)n2)CC1. The summed E-state index contributed by atoms with van der Waals surface area (Å²) < 4.78 is 0. The van der Waals surface area contributed by atoms with Gasteiger partial charge in [-0.1, -0.05) is 25.4 Å². The van der Waals surface area contributed by atoms with Crippen LogP contribution in [0, 0.1) is 11.8 Å². The number of rotatable bonds is 3. The second-order valence-electron chi connectivity index (χ2n) is 6.60. The first-order chi connectivity index (χ1) is 9.63. The lowest BCUT2D eigenvalue weighted by molar-refractivity contribution is 0.351. The molecule has 2 fully saturated rings. The van der Waals surface area contributed by atoms with Gasteiger partial charge in [0, 0.05) is 25.1 Å². The highest BCUT2D eigenvalue weighted by Crippen LogP contribution is 2.39. The number of hydrogen-bond donors (Lipinski definition) is 0. The Hall–Kier alpha value is -0.830. The lowest BCUT2D eigenvalue weighted by atomic mass is 9.89. The van der Waals surface area contributed by atoms with Crippen LogP contribution in [0.15, 0.2) is 6.07 Å². The molecule has 0 spiro atoms. The molecule has 110 valence electrons. The summed E-state index contributed by atoms with van der Waals surface area (Å²) in [4.78, 5) is 11.6. The van der Waals surface area contributed by atoms with E-state index in [9.17, 15) is 0 Å². The predicted molar refractivity (Wildman–Crippen MR) is 83.4 cm³/mol. The van der Waals surface area contributed by atoms with E-state index < -0.39 is 0 Å². The summed E-state index contributed by atoms with van der Waals surface area (Å²) in [6, 6.07) is 1.93. The van der Waals surface area contributed by atoms with E-state index in [2.05, 4.69) is 23.7 Å². The fourth-order valence-electron chi connectivity index (χ4n) is 3.13. The van der Waals surface area contributed by atoms with Gasteiger partial charge in [-0.05, 0) is 43.9 Å². The van der Waals surface area contributed by atoms with Crippen LogP contribution in [0.25, 0.3) is 0 Å². The van der Waals surface area contributed by atoms with Crippen LogP contribution < -0.4 is 4.90 Å². The van der Waals surface area contributed by atoms with Gasteiger partial charge in [-0.3, -0.25) is 0 Å². The number of anilines is 1. The van der Waals surface area contributed by atoms with Crippen molar-refractivity contribution in [2.24, 2.45) is 11.8 Å². The normalized spacial score (nSPS) is 24.0. The molecule has 1 saturated carbocycles. The minimum atomic E-state index is 0.558. The molecule has 4 heteroatoms. The molecule has 1 unspecified atom stereocenters. The lowest BCUT2D eigenvalue weighted by Gasteiger charge is -2.23. The van der Waals surface area contributed by atoms with Gasteiger partial charge in [0.1, 0.15) is 16.8 Å². The van der Waals surface area contributed by atoms with Crippen LogP contribution >= 0.6 is 11.6 Å². The molecule has 0 amide bonds. The molecule has 2 aliphatic rings. The quantitative estimate of drug-likeness (QED) is 0.779. The molecule has 0 bridgehead atoms. The molecule has 1 aromatic rings. The number of nitrogens with zero attached hydrogens (tertiary/aromatic N) is 3. The molecule has 0 aromatic carbocycles. The Morgan fingerprint density at radius 2 is 1.95 bits per heavy atom. The van der Waals surface area contributed by atoms with E-state index in [0.29, 0.717) is 11.1 Å². The second-order valence-corrected chi connectivity index (χ2v) is 6.99. The Kier molecular flexibility index (Phi) is 4.16. The topological polar surface area (TPSA) is 29.0 Å². The van der Waals surface area contributed by atoms with Crippen molar-refractivity contribution in [3.8, 4) is 0 Å². The lowest BCUT2D eigenvalue weighted by Crippen LogP contribution is -2.26. The molecular weight excluding hydrogens is 270 g/mol. The first-order valence-electron chi connectivity index (χ1n) is 7.93. The Morgan fingerprint density at radius 1 is 1.15 bits per heavy atom. The minimum Gasteiger partial charge on any atom is -0.356 e. The van der Waals surface area contributed by atoms with Crippen LogP contribution in [0.1, 0.15) is 57.7 Å². The van der Waals surface area contributed by atoms with Crippen molar-refractivity contribution in [1.82, 2.24) is 9.97 Å². The highest BCUT2D eigenvalue weighted by molar-refractivity contribution is 6.29. The summed E-state index contributed by atoms with van der Waals surface area (Å²) in [5, 5.41) is 0.599. The van der Waals surface area contributed by atoms with E-state index in [-0.39, 0.29) is 0 Å². The number of halogens is 1. The first kappa shape index (κ1) is 14.1. The first-order valence-corrected chi connectivity index (χ1v) is 8.30. The largest absolute Gasteiger partial charge is 0.356 e. The molecule has 1 saturated heterocycles. The van der Waals surface area contributed by atoms with E-state index in [1.54, 1.807) is 0 Å². The van der Waals surface area contributed by atoms with Crippen LogP contribution in [-0.2, 0) is 0 Å². The molecule has 3 nitrogen and oxygen atoms in total. The summed E-state index contributed by atoms with van der Waals surface area (Å²) in [5.74, 6) is 4.18. The minimum absolute atomic E-state index is 0.558. The van der Waals surface area contributed by atoms with Gasteiger partial charge in [0.05, 0.1) is 0 Å². The maximum atomic E-state index is 6.18. The fourth-order valence-corrected chi connectivity index (χ4v) is 3.31. The van der Waals surface area contributed by atoms with E-state index in [0.717, 1.165) is 36.6 Å². The zero-order valence-electron chi connectivity index (χ0n) is 12.5. The Balaban J connectivity index is 1.75. The zero-order chi connectivity index (χ0) is 14.1. The van der Waals surface area contributed by atoms with Gasteiger partial charge in [0.2, 0.25) is 0 Å². The van der Waals surface area contributed by atoms with Crippen molar-refractivity contribution in [3.05, 3.63) is 17.0 Å². The number of aromatic nitrogens is 2. The molecule has 0 N–H and O–H groups in total. The van der Waals surface area contributed by atoms with Crippen molar-refractivity contribution in [3.63, 3.8) is 0 Å². The Bertz CT molecular complexity index is 471. The maximum absolute atomic E-state index is 6.18. The van der Waals surface area contributed by atoms with Crippen LogP contribution in [0.5, 0.6) is 0 Å². The van der Waals surface area contributed by atoms with E-state index in [4.69, 9.17) is 16.6 Å².